The molecule has 0 radical (unpaired) electrons. The number of hydrogen-bond donors (Lipinski definition) is 1. The minimum atomic E-state index is 0.427. The van der Waals surface area contributed by atoms with E-state index in [-0.39, 0.29) is 0 Å². The van der Waals surface area contributed by atoms with E-state index in [0.29, 0.717) is 12.4 Å². The predicted molar refractivity (Wildman–Crippen MR) is 47.8 cm³/mol. The molecule has 2 heterocycles. The van der Waals surface area contributed by atoms with Gasteiger partial charge in [0.25, 0.3) is 0 Å². The van der Waals surface area contributed by atoms with Gasteiger partial charge in [-0.15, -0.1) is 5.10 Å². The predicted octanol–water partition coefficient (Wildman–Crippen LogP) is 0.304. The molecule has 0 aliphatic heterocycles. The highest BCUT2D eigenvalue weighted by molar-refractivity contribution is 5.19. The van der Waals surface area contributed by atoms with Gasteiger partial charge in [0.05, 0.1) is 11.9 Å². The second kappa shape index (κ2) is 3.22. The van der Waals surface area contributed by atoms with Crippen molar-refractivity contribution in [2.75, 3.05) is 5.73 Å². The second-order valence-electron chi connectivity index (χ2n) is 2.62. The van der Waals surface area contributed by atoms with Crippen molar-refractivity contribution >= 4 is 5.82 Å². The molecule has 0 fully saturated rings. The first-order valence-electron chi connectivity index (χ1n) is 3.90. The van der Waals surface area contributed by atoms with Crippen molar-refractivity contribution in [3.05, 3.63) is 36.3 Å². The Kier molecular flexibility index (Phi) is 1.91. The van der Waals surface area contributed by atoms with Gasteiger partial charge in [-0.25, -0.2) is 0 Å². The van der Waals surface area contributed by atoms with Crippen LogP contribution in [0.4, 0.5) is 5.82 Å². The molecule has 2 aromatic rings. The average molecular weight is 175 g/mol. The maximum Gasteiger partial charge on any atom is 0.165 e. The molecule has 0 amide bonds. The summed E-state index contributed by atoms with van der Waals surface area (Å²) in [7, 11) is 0. The third-order valence-corrected chi connectivity index (χ3v) is 1.58. The largest absolute Gasteiger partial charge is 0.381 e. The van der Waals surface area contributed by atoms with Gasteiger partial charge in [-0.05, 0) is 12.1 Å². The number of nitrogens with zero attached hydrogens (tertiary/aromatic N) is 4. The summed E-state index contributed by atoms with van der Waals surface area (Å²) < 4.78 is 0. The van der Waals surface area contributed by atoms with Gasteiger partial charge in [0.2, 0.25) is 0 Å². The Hall–Kier alpha value is -1.91. The van der Waals surface area contributed by atoms with Crippen molar-refractivity contribution in [1.29, 1.82) is 0 Å². The Morgan fingerprint density at radius 1 is 1.38 bits per heavy atom. The molecule has 0 spiro atoms. The molecule has 0 saturated heterocycles. The zero-order valence-corrected chi connectivity index (χ0v) is 6.96. The molecule has 5 heteroatoms. The molecule has 0 atom stereocenters. The molecule has 5 nitrogen and oxygen atoms in total. The smallest absolute Gasteiger partial charge is 0.165 e. The van der Waals surface area contributed by atoms with Crippen LogP contribution < -0.4 is 5.73 Å². The Bertz CT molecular complexity index is 380. The lowest BCUT2D eigenvalue weighted by Gasteiger charge is -1.97. The summed E-state index contributed by atoms with van der Waals surface area (Å²) in [6.45, 7) is 0.554. The van der Waals surface area contributed by atoms with Crippen LogP contribution in [0.3, 0.4) is 0 Å². The van der Waals surface area contributed by atoms with Crippen LogP contribution in [-0.4, -0.2) is 20.0 Å². The number of aromatic nitrogens is 4. The zero-order valence-electron chi connectivity index (χ0n) is 6.96. The summed E-state index contributed by atoms with van der Waals surface area (Å²) in [6, 6.07) is 5.71. The molecule has 0 saturated carbocycles. The molecule has 0 aliphatic rings. The third kappa shape index (κ3) is 1.81. The molecular formula is C8H9N5. The quantitative estimate of drug-likeness (QED) is 0.712. The number of rotatable bonds is 2. The standard InChI is InChI=1S/C8H9N5/c9-8-5-11-13(12-8)6-7-3-1-2-4-10-7/h1-5H,6H2,(H2,9,12). The lowest BCUT2D eigenvalue weighted by Crippen LogP contribution is -2.05. The fourth-order valence-electron chi connectivity index (χ4n) is 1.02. The minimum absolute atomic E-state index is 0.427. The van der Waals surface area contributed by atoms with E-state index in [0.717, 1.165) is 5.69 Å². The van der Waals surface area contributed by atoms with Crippen molar-refractivity contribution < 1.29 is 0 Å². The van der Waals surface area contributed by atoms with Gasteiger partial charge in [-0.2, -0.15) is 9.90 Å². The maximum absolute atomic E-state index is 5.42. The van der Waals surface area contributed by atoms with Gasteiger partial charge in [-0.1, -0.05) is 6.07 Å². The van der Waals surface area contributed by atoms with Crippen LogP contribution >= 0.6 is 0 Å². The maximum atomic E-state index is 5.42. The van der Waals surface area contributed by atoms with Crippen LogP contribution in [0.1, 0.15) is 5.69 Å². The summed E-state index contributed by atoms with van der Waals surface area (Å²) in [5, 5.41) is 7.90. The fourth-order valence-corrected chi connectivity index (χ4v) is 1.02. The number of nitrogens with two attached hydrogens (primary N) is 1. The van der Waals surface area contributed by atoms with E-state index >= 15 is 0 Å². The van der Waals surface area contributed by atoms with Gasteiger partial charge in [-0.3, -0.25) is 4.98 Å². The second-order valence-corrected chi connectivity index (χ2v) is 2.62. The van der Waals surface area contributed by atoms with E-state index in [1.807, 2.05) is 18.2 Å². The fraction of sp³-hybridized carbons (Fsp3) is 0.125. The van der Waals surface area contributed by atoms with Crippen LogP contribution in [0.15, 0.2) is 30.6 Å². The molecule has 0 aliphatic carbocycles. The van der Waals surface area contributed by atoms with Crippen LogP contribution in [0, 0.1) is 0 Å². The lowest BCUT2D eigenvalue weighted by molar-refractivity contribution is 0.584. The molecule has 2 N–H and O–H groups in total. The van der Waals surface area contributed by atoms with E-state index in [4.69, 9.17) is 5.73 Å². The van der Waals surface area contributed by atoms with Crippen molar-refractivity contribution in [2.24, 2.45) is 0 Å². The Morgan fingerprint density at radius 2 is 2.31 bits per heavy atom. The molecule has 0 bridgehead atoms. The molecule has 0 aromatic carbocycles. The summed E-state index contributed by atoms with van der Waals surface area (Å²) in [5.74, 6) is 0.427. The van der Waals surface area contributed by atoms with Gasteiger partial charge in [0.15, 0.2) is 5.82 Å². The first-order chi connectivity index (χ1) is 6.34. The summed E-state index contributed by atoms with van der Waals surface area (Å²) in [6.07, 6.45) is 3.26. The Balaban J connectivity index is 2.15. The average Bonchev–Trinajstić information content (AvgIpc) is 2.53. The highest BCUT2D eigenvalue weighted by Gasteiger charge is 1.97. The monoisotopic (exact) mass is 175 g/mol. The minimum Gasteiger partial charge on any atom is -0.381 e. The molecular weight excluding hydrogens is 166 g/mol. The van der Waals surface area contributed by atoms with Gasteiger partial charge in [0.1, 0.15) is 6.54 Å². The van der Waals surface area contributed by atoms with Crippen molar-refractivity contribution in [3.63, 3.8) is 0 Å². The zero-order chi connectivity index (χ0) is 9.10. The van der Waals surface area contributed by atoms with Gasteiger partial charge < -0.3 is 5.73 Å². The topological polar surface area (TPSA) is 69.6 Å². The lowest BCUT2D eigenvalue weighted by atomic mass is 10.4. The van der Waals surface area contributed by atoms with Crippen LogP contribution in [-0.2, 0) is 6.54 Å². The number of hydrogen-bond acceptors (Lipinski definition) is 4. The van der Waals surface area contributed by atoms with E-state index in [1.54, 1.807) is 6.20 Å². The Labute approximate surface area is 75.2 Å². The van der Waals surface area contributed by atoms with Crippen molar-refractivity contribution in [2.45, 2.75) is 6.54 Å². The third-order valence-electron chi connectivity index (χ3n) is 1.58. The van der Waals surface area contributed by atoms with Crippen molar-refractivity contribution in [3.8, 4) is 0 Å². The summed E-state index contributed by atoms with van der Waals surface area (Å²) in [5.41, 5.74) is 6.33. The molecule has 2 rings (SSSR count). The SMILES string of the molecule is Nc1cnn(Cc2ccccn2)n1. The van der Waals surface area contributed by atoms with Crippen molar-refractivity contribution in [1.82, 2.24) is 20.0 Å². The number of pyridine rings is 1. The van der Waals surface area contributed by atoms with E-state index in [1.165, 1.54) is 11.0 Å². The van der Waals surface area contributed by atoms with Crippen LogP contribution in [0.2, 0.25) is 0 Å². The molecule has 66 valence electrons. The van der Waals surface area contributed by atoms with Gasteiger partial charge >= 0.3 is 0 Å². The first kappa shape index (κ1) is 7.72. The summed E-state index contributed by atoms with van der Waals surface area (Å²) >= 11 is 0. The number of anilines is 1. The van der Waals surface area contributed by atoms with Crippen LogP contribution in [0.5, 0.6) is 0 Å². The normalized spacial score (nSPS) is 10.2. The van der Waals surface area contributed by atoms with E-state index in [2.05, 4.69) is 15.2 Å². The molecule has 13 heavy (non-hydrogen) atoms. The van der Waals surface area contributed by atoms with Gasteiger partial charge in [0, 0.05) is 6.20 Å². The summed E-state index contributed by atoms with van der Waals surface area (Å²) in [4.78, 5) is 5.65. The highest BCUT2D eigenvalue weighted by atomic mass is 15.5. The molecule has 0 unspecified atom stereocenters. The highest BCUT2D eigenvalue weighted by Crippen LogP contribution is 1.97. The van der Waals surface area contributed by atoms with E-state index < -0.39 is 0 Å². The molecule has 2 aromatic heterocycles. The van der Waals surface area contributed by atoms with E-state index in [9.17, 15) is 0 Å². The number of nitrogen functional groups attached to an aromatic ring is 1. The first-order valence-corrected chi connectivity index (χ1v) is 3.90. The Morgan fingerprint density at radius 3 is 2.92 bits per heavy atom. The van der Waals surface area contributed by atoms with Crippen LogP contribution in [0.25, 0.3) is 0 Å².